The van der Waals surface area contributed by atoms with Crippen molar-refractivity contribution < 1.29 is 0 Å². The van der Waals surface area contributed by atoms with Crippen molar-refractivity contribution in [3.05, 3.63) is 60.1 Å². The van der Waals surface area contributed by atoms with Gasteiger partial charge in [0.05, 0.1) is 11.2 Å². The van der Waals surface area contributed by atoms with Crippen molar-refractivity contribution >= 4 is 10.9 Å². The zero-order chi connectivity index (χ0) is 11.2. The summed E-state index contributed by atoms with van der Waals surface area (Å²) in [4.78, 5) is 8.89. The molecule has 0 fully saturated rings. The Morgan fingerprint density at radius 3 is 3.00 bits per heavy atom. The Morgan fingerprint density at radius 2 is 2.00 bits per heavy atom. The maximum Gasteiger partial charge on any atom is 0.116 e. The molecule has 82 valence electrons. The molecule has 1 aromatic carbocycles. The highest BCUT2D eigenvalue weighted by molar-refractivity contribution is 5.86. The average Bonchev–Trinajstić information content (AvgIpc) is 2.39. The summed E-state index contributed by atoms with van der Waals surface area (Å²) in [5.74, 6) is 0.994. The predicted octanol–water partition coefficient (Wildman–Crippen LogP) is 3.01. The van der Waals surface area contributed by atoms with E-state index in [0.717, 1.165) is 11.9 Å². The Bertz CT molecular complexity index is 650. The number of aromatic nitrogens is 2. The van der Waals surface area contributed by atoms with Gasteiger partial charge in [0.25, 0.3) is 0 Å². The third kappa shape index (κ3) is 1.21. The van der Waals surface area contributed by atoms with Crippen molar-refractivity contribution in [3.8, 4) is 0 Å². The molecule has 1 heterocycles. The van der Waals surface area contributed by atoms with Crippen LogP contribution in [0.15, 0.2) is 48.8 Å². The molecule has 0 amide bonds. The molecule has 2 aromatic rings. The Morgan fingerprint density at radius 1 is 1.06 bits per heavy atom. The third-order valence-corrected chi connectivity index (χ3v) is 3.80. The summed E-state index contributed by atoms with van der Waals surface area (Å²) in [6.07, 6.45) is 11.6. The fraction of sp³-hybridized carbons (Fsp3) is 0.200. The lowest BCUT2D eigenvalue weighted by atomic mass is 9.75. The largest absolute Gasteiger partial charge is 0.240 e. The van der Waals surface area contributed by atoms with Crippen LogP contribution in [0.5, 0.6) is 0 Å². The minimum atomic E-state index is 0.431. The molecule has 4 rings (SSSR count). The summed E-state index contributed by atoms with van der Waals surface area (Å²) in [7, 11) is 0. The molecule has 2 heteroatoms. The molecule has 2 unspecified atom stereocenters. The lowest BCUT2D eigenvalue weighted by molar-refractivity contribution is 0.553. The average molecular weight is 220 g/mol. The molecule has 2 aliphatic rings. The number of nitrogens with zero attached hydrogens (tertiary/aromatic N) is 2. The molecular weight excluding hydrogens is 208 g/mol. The van der Waals surface area contributed by atoms with E-state index in [-0.39, 0.29) is 0 Å². The molecule has 0 aliphatic heterocycles. The second kappa shape index (κ2) is 3.27. The van der Waals surface area contributed by atoms with Gasteiger partial charge >= 0.3 is 0 Å². The predicted molar refractivity (Wildman–Crippen MR) is 67.8 cm³/mol. The van der Waals surface area contributed by atoms with Gasteiger partial charge in [-0.3, -0.25) is 0 Å². The number of rotatable bonds is 0. The van der Waals surface area contributed by atoms with Gasteiger partial charge in [0.2, 0.25) is 0 Å². The number of fused-ring (bicyclic) bond motifs is 2. The van der Waals surface area contributed by atoms with Crippen molar-refractivity contribution in [3.63, 3.8) is 0 Å². The van der Waals surface area contributed by atoms with Crippen LogP contribution in [-0.4, -0.2) is 9.97 Å². The first-order valence-electron chi connectivity index (χ1n) is 6.01. The maximum atomic E-state index is 4.53. The lowest BCUT2D eigenvalue weighted by Crippen LogP contribution is -2.20. The summed E-state index contributed by atoms with van der Waals surface area (Å²) in [6.45, 7) is 0. The van der Waals surface area contributed by atoms with E-state index in [1.807, 2.05) is 0 Å². The van der Waals surface area contributed by atoms with Gasteiger partial charge in [-0.2, -0.15) is 0 Å². The van der Waals surface area contributed by atoms with Gasteiger partial charge in [-0.05, 0) is 24.0 Å². The van der Waals surface area contributed by atoms with E-state index in [4.69, 9.17) is 0 Å². The van der Waals surface area contributed by atoms with Gasteiger partial charge in [0.1, 0.15) is 6.33 Å². The standard InChI is InChI=1S/C15H12N2/c1-2-6-12-10(4-1)8-11-5-3-7-13-14(11)15(12)17-9-16-13/h1-7,9-10,12H,8H2. The molecule has 2 nitrogen and oxygen atoms in total. The van der Waals surface area contributed by atoms with E-state index in [9.17, 15) is 0 Å². The Labute approximate surface area is 99.7 Å². The number of benzene rings is 1. The second-order valence-electron chi connectivity index (χ2n) is 4.73. The highest BCUT2D eigenvalue weighted by Crippen LogP contribution is 2.40. The summed E-state index contributed by atoms with van der Waals surface area (Å²) in [6, 6.07) is 6.38. The van der Waals surface area contributed by atoms with E-state index in [0.29, 0.717) is 11.8 Å². The van der Waals surface area contributed by atoms with Crippen LogP contribution in [-0.2, 0) is 6.42 Å². The van der Waals surface area contributed by atoms with Crippen LogP contribution in [0.4, 0.5) is 0 Å². The quantitative estimate of drug-likeness (QED) is 0.682. The molecule has 2 aliphatic carbocycles. The van der Waals surface area contributed by atoms with Gasteiger partial charge in [-0.1, -0.05) is 36.4 Å². The minimum Gasteiger partial charge on any atom is -0.240 e. The molecule has 0 spiro atoms. The fourth-order valence-electron chi connectivity index (χ4n) is 3.03. The van der Waals surface area contributed by atoms with E-state index in [2.05, 4.69) is 52.5 Å². The fourth-order valence-corrected chi connectivity index (χ4v) is 3.03. The van der Waals surface area contributed by atoms with Crippen molar-refractivity contribution in [2.24, 2.45) is 5.92 Å². The van der Waals surface area contributed by atoms with E-state index in [1.54, 1.807) is 6.33 Å². The molecule has 0 N–H and O–H groups in total. The van der Waals surface area contributed by atoms with Gasteiger partial charge in [-0.25, -0.2) is 9.97 Å². The summed E-state index contributed by atoms with van der Waals surface area (Å²) in [5, 5.41) is 1.27. The maximum absolute atomic E-state index is 4.53. The van der Waals surface area contributed by atoms with E-state index in [1.165, 1.54) is 16.6 Å². The molecular formula is C15H12N2. The van der Waals surface area contributed by atoms with Crippen molar-refractivity contribution in [2.45, 2.75) is 12.3 Å². The van der Waals surface area contributed by atoms with Crippen molar-refractivity contribution in [1.82, 2.24) is 9.97 Å². The van der Waals surface area contributed by atoms with Crippen LogP contribution in [0.25, 0.3) is 10.9 Å². The minimum absolute atomic E-state index is 0.431. The monoisotopic (exact) mass is 220 g/mol. The first kappa shape index (κ1) is 9.11. The Balaban J connectivity index is 2.07. The molecule has 17 heavy (non-hydrogen) atoms. The summed E-state index contributed by atoms with van der Waals surface area (Å²) in [5.41, 5.74) is 3.66. The van der Waals surface area contributed by atoms with Crippen LogP contribution in [0, 0.1) is 5.92 Å². The summed E-state index contributed by atoms with van der Waals surface area (Å²) >= 11 is 0. The molecule has 0 bridgehead atoms. The molecule has 0 radical (unpaired) electrons. The molecule has 2 atom stereocenters. The van der Waals surface area contributed by atoms with Crippen molar-refractivity contribution in [2.75, 3.05) is 0 Å². The van der Waals surface area contributed by atoms with Crippen molar-refractivity contribution in [1.29, 1.82) is 0 Å². The highest BCUT2D eigenvalue weighted by atomic mass is 14.8. The summed E-state index contributed by atoms with van der Waals surface area (Å²) < 4.78 is 0. The van der Waals surface area contributed by atoms with E-state index >= 15 is 0 Å². The number of hydrogen-bond acceptors (Lipinski definition) is 2. The second-order valence-corrected chi connectivity index (χ2v) is 4.73. The first-order chi connectivity index (χ1) is 8.43. The third-order valence-electron chi connectivity index (χ3n) is 3.80. The Kier molecular flexibility index (Phi) is 1.75. The topological polar surface area (TPSA) is 25.8 Å². The van der Waals surface area contributed by atoms with Gasteiger partial charge in [0, 0.05) is 11.3 Å². The number of allylic oxidation sites excluding steroid dienone is 4. The van der Waals surface area contributed by atoms with Gasteiger partial charge < -0.3 is 0 Å². The molecule has 0 saturated carbocycles. The van der Waals surface area contributed by atoms with Crippen LogP contribution in [0.3, 0.4) is 0 Å². The van der Waals surface area contributed by atoms with Gasteiger partial charge in [0.15, 0.2) is 0 Å². The zero-order valence-electron chi connectivity index (χ0n) is 9.38. The van der Waals surface area contributed by atoms with Crippen LogP contribution >= 0.6 is 0 Å². The normalized spacial score (nSPS) is 24.9. The Hall–Kier alpha value is -1.96. The molecule has 1 aromatic heterocycles. The molecule has 0 saturated heterocycles. The van der Waals surface area contributed by atoms with Crippen LogP contribution < -0.4 is 0 Å². The van der Waals surface area contributed by atoms with Crippen LogP contribution in [0.1, 0.15) is 17.2 Å². The SMILES string of the molecule is C1=CC2Cc3cccc4ncnc(c34)C2C=C1. The van der Waals surface area contributed by atoms with Gasteiger partial charge in [-0.15, -0.1) is 0 Å². The highest BCUT2D eigenvalue weighted by Gasteiger charge is 2.29. The lowest BCUT2D eigenvalue weighted by Gasteiger charge is -2.30. The zero-order valence-corrected chi connectivity index (χ0v) is 9.38. The number of hydrogen-bond donors (Lipinski definition) is 0. The van der Waals surface area contributed by atoms with Crippen LogP contribution in [0.2, 0.25) is 0 Å². The smallest absolute Gasteiger partial charge is 0.116 e. The van der Waals surface area contributed by atoms with E-state index < -0.39 is 0 Å². The first-order valence-corrected chi connectivity index (χ1v) is 6.01.